The van der Waals surface area contributed by atoms with Crippen LogP contribution in [-0.4, -0.2) is 20.1 Å². The number of aromatic nitrogens is 3. The van der Waals surface area contributed by atoms with Crippen LogP contribution in [0.4, 0.5) is 0 Å². The summed E-state index contributed by atoms with van der Waals surface area (Å²) in [4.78, 5) is 11.3. The van der Waals surface area contributed by atoms with Gasteiger partial charge in [0.2, 0.25) is 5.88 Å². The summed E-state index contributed by atoms with van der Waals surface area (Å²) < 4.78 is 0. The van der Waals surface area contributed by atoms with Crippen molar-refractivity contribution in [3.05, 3.63) is 42.6 Å². The van der Waals surface area contributed by atoms with Crippen LogP contribution in [-0.2, 0) is 0 Å². The molecule has 1 radical (unpaired) electrons. The van der Waals surface area contributed by atoms with Crippen molar-refractivity contribution in [2.75, 3.05) is 0 Å². The van der Waals surface area contributed by atoms with Gasteiger partial charge in [0.15, 0.2) is 0 Å². The van der Waals surface area contributed by atoms with E-state index in [-0.39, 0.29) is 5.88 Å². The van der Waals surface area contributed by atoms with Crippen molar-refractivity contribution in [1.82, 2.24) is 15.0 Å². The highest BCUT2D eigenvalue weighted by Crippen LogP contribution is 2.21. The van der Waals surface area contributed by atoms with Gasteiger partial charge in [-0.2, -0.15) is 0 Å². The van der Waals surface area contributed by atoms with Crippen LogP contribution >= 0.6 is 0 Å². The number of aromatic amines is 1. The SMILES string of the molecule is Oc1cc(-c2nc3c[c]ccc3[nH]2)ccn1. The molecular formula is C12H8N3O. The number of imidazole rings is 1. The van der Waals surface area contributed by atoms with Crippen LogP contribution in [0, 0.1) is 6.07 Å². The van der Waals surface area contributed by atoms with E-state index in [4.69, 9.17) is 0 Å². The van der Waals surface area contributed by atoms with Crippen LogP contribution in [0.15, 0.2) is 36.5 Å². The van der Waals surface area contributed by atoms with E-state index in [1.807, 2.05) is 18.2 Å². The average Bonchev–Trinajstić information content (AvgIpc) is 2.72. The van der Waals surface area contributed by atoms with E-state index in [2.05, 4.69) is 21.0 Å². The molecule has 1 aromatic carbocycles. The Morgan fingerprint density at radius 3 is 3.06 bits per heavy atom. The van der Waals surface area contributed by atoms with Crippen LogP contribution in [0.1, 0.15) is 0 Å². The van der Waals surface area contributed by atoms with Crippen molar-refractivity contribution in [2.24, 2.45) is 0 Å². The van der Waals surface area contributed by atoms with Gasteiger partial charge in [-0.15, -0.1) is 0 Å². The van der Waals surface area contributed by atoms with Crippen LogP contribution < -0.4 is 0 Å². The van der Waals surface area contributed by atoms with Gasteiger partial charge < -0.3 is 10.1 Å². The molecule has 0 amide bonds. The topological polar surface area (TPSA) is 61.8 Å². The van der Waals surface area contributed by atoms with Gasteiger partial charge in [-0.1, -0.05) is 6.07 Å². The third-order valence-electron chi connectivity index (χ3n) is 2.35. The van der Waals surface area contributed by atoms with Gasteiger partial charge in [0, 0.05) is 17.8 Å². The lowest BCUT2D eigenvalue weighted by atomic mass is 10.2. The van der Waals surface area contributed by atoms with Gasteiger partial charge >= 0.3 is 0 Å². The van der Waals surface area contributed by atoms with Gasteiger partial charge in [-0.05, 0) is 24.3 Å². The molecule has 77 valence electrons. The predicted molar refractivity (Wildman–Crippen MR) is 59.8 cm³/mol. The second-order valence-electron chi connectivity index (χ2n) is 3.43. The number of hydrogen-bond donors (Lipinski definition) is 2. The molecule has 0 aliphatic heterocycles. The highest BCUT2D eigenvalue weighted by molar-refractivity contribution is 5.79. The molecule has 0 aliphatic carbocycles. The Hall–Kier alpha value is -2.36. The molecule has 3 rings (SSSR count). The molecule has 4 heteroatoms. The summed E-state index contributed by atoms with van der Waals surface area (Å²) in [6, 6.07) is 11.9. The van der Waals surface area contributed by atoms with Crippen molar-refractivity contribution in [1.29, 1.82) is 0 Å². The first-order valence-electron chi connectivity index (χ1n) is 4.84. The Kier molecular flexibility index (Phi) is 1.86. The van der Waals surface area contributed by atoms with Gasteiger partial charge in [0.25, 0.3) is 0 Å². The first-order chi connectivity index (χ1) is 7.83. The van der Waals surface area contributed by atoms with E-state index in [1.54, 1.807) is 18.3 Å². The van der Waals surface area contributed by atoms with E-state index >= 15 is 0 Å². The average molecular weight is 210 g/mol. The Morgan fingerprint density at radius 2 is 2.25 bits per heavy atom. The zero-order chi connectivity index (χ0) is 11.0. The number of hydrogen-bond acceptors (Lipinski definition) is 3. The van der Waals surface area contributed by atoms with Crippen molar-refractivity contribution >= 4 is 11.0 Å². The molecule has 0 spiro atoms. The van der Waals surface area contributed by atoms with Crippen LogP contribution in [0.2, 0.25) is 0 Å². The molecule has 0 saturated carbocycles. The Morgan fingerprint density at radius 1 is 1.31 bits per heavy atom. The molecule has 0 bridgehead atoms. The van der Waals surface area contributed by atoms with Crippen LogP contribution in [0.25, 0.3) is 22.4 Å². The maximum atomic E-state index is 9.29. The monoisotopic (exact) mass is 210 g/mol. The first kappa shape index (κ1) is 8.91. The number of nitrogens with one attached hydrogen (secondary N) is 1. The fraction of sp³-hybridized carbons (Fsp3) is 0. The summed E-state index contributed by atoms with van der Waals surface area (Å²) in [6.45, 7) is 0. The highest BCUT2D eigenvalue weighted by Gasteiger charge is 2.05. The Balaban J connectivity index is 2.19. The summed E-state index contributed by atoms with van der Waals surface area (Å²) in [5, 5.41) is 9.29. The molecule has 16 heavy (non-hydrogen) atoms. The van der Waals surface area contributed by atoms with E-state index in [9.17, 15) is 5.11 Å². The summed E-state index contributed by atoms with van der Waals surface area (Å²) in [7, 11) is 0. The number of nitrogens with zero attached hydrogens (tertiary/aromatic N) is 2. The summed E-state index contributed by atoms with van der Waals surface area (Å²) in [5.41, 5.74) is 2.61. The van der Waals surface area contributed by atoms with Crippen LogP contribution in [0.5, 0.6) is 5.88 Å². The zero-order valence-electron chi connectivity index (χ0n) is 8.31. The van der Waals surface area contributed by atoms with Crippen LogP contribution in [0.3, 0.4) is 0 Å². The number of aromatic hydroxyl groups is 1. The molecule has 0 atom stereocenters. The molecule has 0 unspecified atom stereocenters. The van der Waals surface area contributed by atoms with Gasteiger partial charge in [0.05, 0.1) is 11.0 Å². The fourth-order valence-electron chi connectivity index (χ4n) is 1.60. The second-order valence-corrected chi connectivity index (χ2v) is 3.43. The standard InChI is InChI=1S/C12H8N3O/c16-11-7-8(5-6-13-11)12-14-9-3-1-2-4-10(9)15-12/h1,3-7H,(H,13,16)(H,14,15). The van der Waals surface area contributed by atoms with Crippen molar-refractivity contribution in [3.8, 4) is 17.3 Å². The second kappa shape index (κ2) is 3.34. The first-order valence-corrected chi connectivity index (χ1v) is 4.84. The number of H-pyrrole nitrogens is 1. The molecule has 3 aromatic rings. The minimum atomic E-state index is -0.00970. The minimum Gasteiger partial charge on any atom is -0.493 e. The fourth-order valence-corrected chi connectivity index (χ4v) is 1.60. The molecule has 2 N–H and O–H groups in total. The Bertz CT molecular complexity index is 612. The maximum absolute atomic E-state index is 9.29. The maximum Gasteiger partial charge on any atom is 0.211 e. The number of pyridine rings is 1. The lowest BCUT2D eigenvalue weighted by Gasteiger charge is -1.95. The molecule has 4 nitrogen and oxygen atoms in total. The van der Waals surface area contributed by atoms with E-state index in [1.165, 1.54) is 0 Å². The number of benzene rings is 1. The predicted octanol–water partition coefficient (Wildman–Crippen LogP) is 2.13. The highest BCUT2D eigenvalue weighted by atomic mass is 16.3. The van der Waals surface area contributed by atoms with Crippen molar-refractivity contribution < 1.29 is 5.11 Å². The Labute approximate surface area is 91.6 Å². The van der Waals surface area contributed by atoms with E-state index in [0.29, 0.717) is 5.82 Å². The molecule has 2 heterocycles. The number of rotatable bonds is 1. The molecule has 2 aromatic heterocycles. The normalized spacial score (nSPS) is 10.8. The van der Waals surface area contributed by atoms with Crippen molar-refractivity contribution in [2.45, 2.75) is 0 Å². The summed E-state index contributed by atoms with van der Waals surface area (Å²) in [5.74, 6) is 0.705. The minimum absolute atomic E-state index is 0.00970. The van der Waals surface area contributed by atoms with Gasteiger partial charge in [0.1, 0.15) is 5.82 Å². The lowest BCUT2D eigenvalue weighted by Crippen LogP contribution is -1.81. The van der Waals surface area contributed by atoms with Gasteiger partial charge in [-0.25, -0.2) is 9.97 Å². The smallest absolute Gasteiger partial charge is 0.211 e. The number of fused-ring (bicyclic) bond motifs is 1. The zero-order valence-corrected chi connectivity index (χ0v) is 8.31. The largest absolute Gasteiger partial charge is 0.493 e. The summed E-state index contributed by atoms with van der Waals surface area (Å²) in [6.07, 6.45) is 1.55. The summed E-state index contributed by atoms with van der Waals surface area (Å²) >= 11 is 0. The molecule has 0 saturated heterocycles. The third kappa shape index (κ3) is 1.40. The van der Waals surface area contributed by atoms with E-state index < -0.39 is 0 Å². The molecular weight excluding hydrogens is 202 g/mol. The van der Waals surface area contributed by atoms with E-state index in [0.717, 1.165) is 16.6 Å². The molecule has 0 aliphatic rings. The lowest BCUT2D eigenvalue weighted by molar-refractivity contribution is 0.454. The van der Waals surface area contributed by atoms with Crippen molar-refractivity contribution in [3.63, 3.8) is 0 Å². The molecule has 0 fully saturated rings. The quantitative estimate of drug-likeness (QED) is 0.646. The third-order valence-corrected chi connectivity index (χ3v) is 2.35. The van der Waals surface area contributed by atoms with Gasteiger partial charge in [-0.3, -0.25) is 0 Å².